The van der Waals surface area contributed by atoms with Crippen molar-refractivity contribution in [2.75, 3.05) is 6.54 Å². The molecule has 1 fully saturated rings. The smallest absolute Gasteiger partial charge is 0.237 e. The molecular formula is C10H20N2O. The fourth-order valence-corrected chi connectivity index (χ4v) is 1.20. The first kappa shape index (κ1) is 10.5. The molecule has 0 saturated heterocycles. The molecule has 0 aliphatic heterocycles. The summed E-state index contributed by atoms with van der Waals surface area (Å²) in [5, 5.41) is 2.90. The summed E-state index contributed by atoms with van der Waals surface area (Å²) in [4.78, 5) is 11.4. The van der Waals surface area contributed by atoms with E-state index in [0.717, 1.165) is 18.9 Å². The van der Waals surface area contributed by atoms with Crippen molar-refractivity contribution in [3.8, 4) is 0 Å². The number of rotatable bonds is 5. The summed E-state index contributed by atoms with van der Waals surface area (Å²) in [5.74, 6) is 1.02. The van der Waals surface area contributed by atoms with E-state index in [1.165, 1.54) is 12.8 Å². The van der Waals surface area contributed by atoms with Crippen molar-refractivity contribution in [2.45, 2.75) is 39.2 Å². The molecule has 3 N–H and O–H groups in total. The number of carbonyl (C=O) groups excluding carboxylic acids is 1. The minimum absolute atomic E-state index is 0.0150. The van der Waals surface area contributed by atoms with E-state index in [0.29, 0.717) is 0 Å². The van der Waals surface area contributed by atoms with E-state index in [1.807, 2.05) is 6.92 Å². The van der Waals surface area contributed by atoms with Gasteiger partial charge in [-0.15, -0.1) is 0 Å². The Morgan fingerprint density at radius 1 is 1.62 bits per heavy atom. The van der Waals surface area contributed by atoms with Gasteiger partial charge >= 0.3 is 0 Å². The lowest BCUT2D eigenvalue weighted by atomic mass is 9.99. The molecule has 0 heterocycles. The van der Waals surface area contributed by atoms with Crippen molar-refractivity contribution >= 4 is 5.91 Å². The third-order valence-electron chi connectivity index (χ3n) is 2.82. The molecule has 13 heavy (non-hydrogen) atoms. The van der Waals surface area contributed by atoms with Gasteiger partial charge in [-0.25, -0.2) is 0 Å². The average Bonchev–Trinajstić information content (AvgIpc) is 2.95. The van der Waals surface area contributed by atoms with Crippen LogP contribution in [0.15, 0.2) is 0 Å². The van der Waals surface area contributed by atoms with Crippen LogP contribution in [0.5, 0.6) is 0 Å². The first-order chi connectivity index (χ1) is 6.15. The van der Waals surface area contributed by atoms with Gasteiger partial charge in [0.05, 0.1) is 6.04 Å². The lowest BCUT2D eigenvalue weighted by Gasteiger charge is -2.17. The number of nitrogens with one attached hydrogen (secondary N) is 1. The van der Waals surface area contributed by atoms with Crippen LogP contribution in [0, 0.1) is 11.8 Å². The predicted octanol–water partition coefficient (Wildman–Crippen LogP) is 0.886. The number of amides is 1. The van der Waals surface area contributed by atoms with Crippen LogP contribution in [0.3, 0.4) is 0 Å². The lowest BCUT2D eigenvalue weighted by molar-refractivity contribution is -0.123. The highest BCUT2D eigenvalue weighted by atomic mass is 16.2. The molecule has 0 aromatic carbocycles. The van der Waals surface area contributed by atoms with E-state index >= 15 is 0 Å². The zero-order valence-corrected chi connectivity index (χ0v) is 8.55. The second kappa shape index (κ2) is 4.61. The maximum atomic E-state index is 11.4. The van der Waals surface area contributed by atoms with Crippen molar-refractivity contribution < 1.29 is 4.79 Å². The molecule has 76 valence electrons. The fraction of sp³-hybridized carbons (Fsp3) is 0.900. The summed E-state index contributed by atoms with van der Waals surface area (Å²) >= 11 is 0. The zero-order chi connectivity index (χ0) is 9.84. The van der Waals surface area contributed by atoms with Crippen LogP contribution >= 0.6 is 0 Å². The minimum atomic E-state index is -0.330. The molecule has 1 aliphatic rings. The van der Waals surface area contributed by atoms with Gasteiger partial charge in [-0.3, -0.25) is 4.79 Å². The van der Waals surface area contributed by atoms with Crippen LogP contribution in [-0.4, -0.2) is 18.5 Å². The van der Waals surface area contributed by atoms with Crippen molar-refractivity contribution in [1.29, 1.82) is 0 Å². The highest BCUT2D eigenvalue weighted by Gasteiger charge is 2.24. The largest absolute Gasteiger partial charge is 0.354 e. The summed E-state index contributed by atoms with van der Waals surface area (Å²) in [5.41, 5.74) is 5.77. The number of carbonyl (C=O) groups is 1. The SMILES string of the molecule is CC[C@H](C)[C@H](N)C(=O)NCC1CC1. The molecule has 0 spiro atoms. The Labute approximate surface area is 80.1 Å². The number of nitrogens with two attached hydrogens (primary N) is 1. The van der Waals surface area contributed by atoms with Gasteiger partial charge in [0.15, 0.2) is 0 Å². The molecule has 2 atom stereocenters. The maximum absolute atomic E-state index is 11.4. The summed E-state index contributed by atoms with van der Waals surface area (Å²) in [6.45, 7) is 4.89. The van der Waals surface area contributed by atoms with Crippen molar-refractivity contribution in [1.82, 2.24) is 5.32 Å². The van der Waals surface area contributed by atoms with E-state index in [-0.39, 0.29) is 17.9 Å². The van der Waals surface area contributed by atoms with Crippen LogP contribution in [-0.2, 0) is 4.79 Å². The van der Waals surface area contributed by atoms with Crippen molar-refractivity contribution in [3.63, 3.8) is 0 Å². The van der Waals surface area contributed by atoms with Gasteiger partial charge in [0.25, 0.3) is 0 Å². The van der Waals surface area contributed by atoms with E-state index in [1.54, 1.807) is 0 Å². The average molecular weight is 184 g/mol. The molecule has 1 amide bonds. The monoisotopic (exact) mass is 184 g/mol. The number of hydrogen-bond donors (Lipinski definition) is 2. The van der Waals surface area contributed by atoms with Crippen LogP contribution in [0.1, 0.15) is 33.1 Å². The second-order valence-electron chi connectivity index (χ2n) is 4.10. The van der Waals surface area contributed by atoms with E-state index in [2.05, 4.69) is 12.2 Å². The summed E-state index contributed by atoms with van der Waals surface area (Å²) in [6.07, 6.45) is 3.48. The summed E-state index contributed by atoms with van der Waals surface area (Å²) < 4.78 is 0. The highest BCUT2D eigenvalue weighted by Crippen LogP contribution is 2.27. The van der Waals surface area contributed by atoms with Gasteiger partial charge in [0, 0.05) is 6.54 Å². The maximum Gasteiger partial charge on any atom is 0.237 e. The van der Waals surface area contributed by atoms with Gasteiger partial charge in [-0.1, -0.05) is 20.3 Å². The molecule has 0 unspecified atom stereocenters. The standard InChI is InChI=1S/C10H20N2O/c1-3-7(2)9(11)10(13)12-6-8-4-5-8/h7-9H,3-6,11H2,1-2H3,(H,12,13)/t7-,9-/m0/s1. The van der Waals surface area contributed by atoms with Gasteiger partial charge < -0.3 is 11.1 Å². The van der Waals surface area contributed by atoms with Crippen LogP contribution in [0.2, 0.25) is 0 Å². The van der Waals surface area contributed by atoms with Gasteiger partial charge in [0.2, 0.25) is 5.91 Å². The first-order valence-corrected chi connectivity index (χ1v) is 5.18. The molecule has 0 aromatic rings. The topological polar surface area (TPSA) is 55.1 Å². The normalized spacial score (nSPS) is 20.8. The molecule has 1 aliphatic carbocycles. The molecule has 0 bridgehead atoms. The Bertz CT molecular complexity index is 178. The predicted molar refractivity (Wildman–Crippen MR) is 53.2 cm³/mol. The zero-order valence-electron chi connectivity index (χ0n) is 8.55. The molecule has 0 radical (unpaired) electrons. The Morgan fingerprint density at radius 2 is 2.23 bits per heavy atom. The summed E-state index contributed by atoms with van der Waals surface area (Å²) in [6, 6.07) is -0.330. The molecule has 1 rings (SSSR count). The number of hydrogen-bond acceptors (Lipinski definition) is 2. The van der Waals surface area contributed by atoms with Gasteiger partial charge in [0.1, 0.15) is 0 Å². The first-order valence-electron chi connectivity index (χ1n) is 5.18. The van der Waals surface area contributed by atoms with E-state index < -0.39 is 0 Å². The lowest BCUT2D eigenvalue weighted by Crippen LogP contribution is -2.45. The third kappa shape index (κ3) is 3.35. The van der Waals surface area contributed by atoms with E-state index in [4.69, 9.17) is 5.73 Å². The second-order valence-corrected chi connectivity index (χ2v) is 4.10. The Kier molecular flexibility index (Phi) is 3.72. The van der Waals surface area contributed by atoms with Gasteiger partial charge in [-0.05, 0) is 24.7 Å². The molecule has 3 nitrogen and oxygen atoms in total. The Balaban J connectivity index is 2.19. The Morgan fingerprint density at radius 3 is 2.69 bits per heavy atom. The van der Waals surface area contributed by atoms with Crippen molar-refractivity contribution in [2.24, 2.45) is 17.6 Å². The molecular weight excluding hydrogens is 164 g/mol. The minimum Gasteiger partial charge on any atom is -0.354 e. The Hall–Kier alpha value is -0.570. The van der Waals surface area contributed by atoms with Crippen LogP contribution < -0.4 is 11.1 Å². The quantitative estimate of drug-likeness (QED) is 0.666. The fourth-order valence-electron chi connectivity index (χ4n) is 1.20. The highest BCUT2D eigenvalue weighted by molar-refractivity contribution is 5.81. The van der Waals surface area contributed by atoms with Crippen LogP contribution in [0.4, 0.5) is 0 Å². The van der Waals surface area contributed by atoms with Gasteiger partial charge in [-0.2, -0.15) is 0 Å². The van der Waals surface area contributed by atoms with Crippen molar-refractivity contribution in [3.05, 3.63) is 0 Å². The third-order valence-corrected chi connectivity index (χ3v) is 2.82. The molecule has 3 heteroatoms. The van der Waals surface area contributed by atoms with Crippen LogP contribution in [0.25, 0.3) is 0 Å². The molecule has 0 aromatic heterocycles. The molecule has 1 saturated carbocycles. The van der Waals surface area contributed by atoms with E-state index in [9.17, 15) is 4.79 Å². The summed E-state index contributed by atoms with van der Waals surface area (Å²) in [7, 11) is 0.